The second kappa shape index (κ2) is 9.22. The van der Waals surface area contributed by atoms with Gasteiger partial charge in [0.05, 0.1) is 23.1 Å². The van der Waals surface area contributed by atoms with Gasteiger partial charge in [0, 0.05) is 32.7 Å². The highest BCUT2D eigenvalue weighted by Gasteiger charge is 2.19. The molecule has 1 fully saturated rings. The molecule has 0 unspecified atom stereocenters. The van der Waals surface area contributed by atoms with Crippen LogP contribution in [-0.2, 0) is 12.3 Å². The van der Waals surface area contributed by atoms with Crippen molar-refractivity contribution in [1.29, 1.82) is 0 Å². The predicted molar refractivity (Wildman–Crippen MR) is 123 cm³/mol. The van der Waals surface area contributed by atoms with E-state index < -0.39 is 0 Å². The molecule has 0 bridgehead atoms. The minimum atomic E-state index is 0.851. The Morgan fingerprint density at radius 2 is 1.86 bits per heavy atom. The fourth-order valence-corrected chi connectivity index (χ4v) is 5.49. The molecular weight excluding hydrogens is 406 g/mol. The molecule has 0 N–H and O–H groups in total. The Morgan fingerprint density at radius 3 is 2.57 bits per heavy atom. The number of thioether (sulfide) groups is 1. The van der Waals surface area contributed by atoms with E-state index in [1.54, 1.807) is 30.2 Å². The smallest absolute Gasteiger partial charge is 0.136 e. The van der Waals surface area contributed by atoms with Crippen molar-refractivity contribution in [2.45, 2.75) is 12.3 Å². The summed E-state index contributed by atoms with van der Waals surface area (Å²) in [6, 6.07) is 16.6. The Balaban J connectivity index is 1.24. The van der Waals surface area contributed by atoms with Crippen LogP contribution >= 0.6 is 35.3 Å². The normalized spacial score (nSPS) is 15.1. The van der Waals surface area contributed by atoms with Crippen molar-refractivity contribution in [2.75, 3.05) is 33.3 Å². The number of hydrogen-bond acceptors (Lipinski definition) is 6. The van der Waals surface area contributed by atoms with E-state index >= 15 is 0 Å². The zero-order valence-corrected chi connectivity index (χ0v) is 18.3. The van der Waals surface area contributed by atoms with Crippen LogP contribution < -0.4 is 4.74 Å². The number of methoxy groups -OCH3 is 1. The highest BCUT2D eigenvalue weighted by molar-refractivity contribution is 8.22. The van der Waals surface area contributed by atoms with Gasteiger partial charge in [-0.3, -0.25) is 4.90 Å². The van der Waals surface area contributed by atoms with E-state index in [-0.39, 0.29) is 0 Å². The van der Waals surface area contributed by atoms with Gasteiger partial charge >= 0.3 is 0 Å². The summed E-state index contributed by atoms with van der Waals surface area (Å²) in [5.74, 6) is 1.76. The van der Waals surface area contributed by atoms with E-state index in [2.05, 4.69) is 40.1 Å². The van der Waals surface area contributed by atoms with E-state index in [1.165, 1.54) is 10.3 Å². The number of rotatable bonds is 5. The fourth-order valence-electron chi connectivity index (χ4n) is 3.27. The molecule has 146 valence electrons. The van der Waals surface area contributed by atoms with Gasteiger partial charge < -0.3 is 9.64 Å². The lowest BCUT2D eigenvalue weighted by Gasteiger charge is -2.35. The molecule has 4 nitrogen and oxygen atoms in total. The van der Waals surface area contributed by atoms with E-state index in [4.69, 9.17) is 21.9 Å². The van der Waals surface area contributed by atoms with Crippen LogP contribution in [0.25, 0.3) is 10.2 Å². The molecule has 0 radical (unpaired) electrons. The van der Waals surface area contributed by atoms with E-state index in [1.807, 2.05) is 18.2 Å². The van der Waals surface area contributed by atoms with E-state index in [0.717, 1.165) is 59.1 Å². The molecule has 0 aliphatic carbocycles. The summed E-state index contributed by atoms with van der Waals surface area (Å²) in [6.07, 6.45) is 0. The Kier molecular flexibility index (Phi) is 6.47. The first-order chi connectivity index (χ1) is 13.7. The number of para-hydroxylation sites is 1. The van der Waals surface area contributed by atoms with Crippen LogP contribution in [0.5, 0.6) is 5.75 Å². The molecule has 2 heterocycles. The maximum absolute atomic E-state index is 5.68. The average Bonchev–Trinajstić information content (AvgIpc) is 3.16. The maximum Gasteiger partial charge on any atom is 0.136 e. The van der Waals surface area contributed by atoms with Gasteiger partial charge in [0.25, 0.3) is 0 Å². The van der Waals surface area contributed by atoms with Gasteiger partial charge in [0.15, 0.2) is 0 Å². The van der Waals surface area contributed by atoms with Crippen molar-refractivity contribution < 1.29 is 4.74 Å². The maximum atomic E-state index is 5.68. The van der Waals surface area contributed by atoms with Gasteiger partial charge in [-0.1, -0.05) is 48.2 Å². The molecule has 4 rings (SSSR count). The molecule has 3 aromatic rings. The van der Waals surface area contributed by atoms with E-state index in [9.17, 15) is 0 Å². The van der Waals surface area contributed by atoms with E-state index in [0.29, 0.717) is 0 Å². The monoisotopic (exact) mass is 429 g/mol. The fraction of sp³-hybridized carbons (Fsp3) is 0.333. The van der Waals surface area contributed by atoms with Gasteiger partial charge in [-0.2, -0.15) is 0 Å². The summed E-state index contributed by atoms with van der Waals surface area (Å²) in [7, 11) is 1.70. The summed E-state index contributed by atoms with van der Waals surface area (Å²) < 4.78 is 7.47. The number of thiazole rings is 1. The average molecular weight is 430 g/mol. The molecule has 0 atom stereocenters. The molecular formula is C21H23N3OS3. The second-order valence-electron chi connectivity index (χ2n) is 6.74. The van der Waals surface area contributed by atoms with Crippen LogP contribution in [0, 0.1) is 0 Å². The number of thiocarbonyl (C=S) groups is 1. The quantitative estimate of drug-likeness (QED) is 0.549. The molecule has 0 amide bonds. The number of aromatic nitrogens is 1. The Hall–Kier alpha value is -1.67. The summed E-state index contributed by atoms with van der Waals surface area (Å²) >= 11 is 9.18. The van der Waals surface area contributed by atoms with Crippen LogP contribution in [-0.4, -0.2) is 52.4 Å². The molecule has 28 heavy (non-hydrogen) atoms. The largest absolute Gasteiger partial charge is 0.497 e. The lowest BCUT2D eigenvalue weighted by Crippen LogP contribution is -2.47. The molecule has 1 aliphatic rings. The molecule has 1 aliphatic heterocycles. The lowest BCUT2D eigenvalue weighted by molar-refractivity contribution is 0.179. The summed E-state index contributed by atoms with van der Waals surface area (Å²) in [5.41, 5.74) is 2.41. The Bertz CT molecular complexity index is 900. The molecule has 0 spiro atoms. The highest BCUT2D eigenvalue weighted by Crippen LogP contribution is 2.26. The third-order valence-corrected chi connectivity index (χ3v) is 7.61. The SMILES string of the molecule is COc1ccc(CN2CCN(C(=S)SCc3nc4ccccc4s3)CC2)cc1. The Labute approximate surface area is 179 Å². The van der Waals surface area contributed by atoms with Gasteiger partial charge in [-0.25, -0.2) is 4.98 Å². The zero-order chi connectivity index (χ0) is 19.3. The topological polar surface area (TPSA) is 28.6 Å². The highest BCUT2D eigenvalue weighted by atomic mass is 32.2. The van der Waals surface area contributed by atoms with Crippen LogP contribution in [0.2, 0.25) is 0 Å². The van der Waals surface area contributed by atoms with Crippen molar-refractivity contribution in [3.8, 4) is 5.75 Å². The predicted octanol–water partition coefficient (Wildman–Crippen LogP) is 4.64. The number of ether oxygens (including phenoxy) is 1. The van der Waals surface area contributed by atoms with Crippen molar-refractivity contribution in [2.24, 2.45) is 0 Å². The van der Waals surface area contributed by atoms with Gasteiger partial charge in [-0.15, -0.1) is 11.3 Å². The number of piperazine rings is 1. The standard InChI is InChI=1S/C21H23N3OS3/c1-25-17-8-6-16(7-9-17)14-23-10-12-24(13-11-23)21(26)27-15-20-22-18-4-2-3-5-19(18)28-20/h2-9H,10-15H2,1H3. The molecule has 7 heteroatoms. The first-order valence-corrected chi connectivity index (χ1v) is 11.5. The van der Waals surface area contributed by atoms with Crippen LogP contribution in [0.15, 0.2) is 48.5 Å². The first-order valence-electron chi connectivity index (χ1n) is 9.33. The number of fused-ring (bicyclic) bond motifs is 1. The molecule has 0 saturated carbocycles. The molecule has 1 saturated heterocycles. The van der Waals surface area contributed by atoms with Gasteiger partial charge in [-0.05, 0) is 29.8 Å². The summed E-state index contributed by atoms with van der Waals surface area (Å²) in [5, 5.41) is 1.15. The van der Waals surface area contributed by atoms with Gasteiger partial charge in [0.1, 0.15) is 15.1 Å². The minimum Gasteiger partial charge on any atom is -0.497 e. The lowest BCUT2D eigenvalue weighted by atomic mass is 10.2. The van der Waals surface area contributed by atoms with Crippen LogP contribution in [0.1, 0.15) is 10.6 Å². The number of benzene rings is 2. The van der Waals surface area contributed by atoms with Crippen molar-refractivity contribution in [3.63, 3.8) is 0 Å². The van der Waals surface area contributed by atoms with Crippen molar-refractivity contribution in [1.82, 2.24) is 14.8 Å². The van der Waals surface area contributed by atoms with Crippen molar-refractivity contribution >= 4 is 49.9 Å². The number of nitrogens with zero attached hydrogens (tertiary/aromatic N) is 3. The molecule has 1 aromatic heterocycles. The first kappa shape index (κ1) is 19.6. The summed E-state index contributed by atoms with van der Waals surface area (Å²) in [4.78, 5) is 9.52. The third-order valence-electron chi connectivity index (χ3n) is 4.85. The molecule has 2 aromatic carbocycles. The zero-order valence-electron chi connectivity index (χ0n) is 15.8. The van der Waals surface area contributed by atoms with Crippen molar-refractivity contribution in [3.05, 3.63) is 59.1 Å². The third kappa shape index (κ3) is 4.84. The van der Waals surface area contributed by atoms with Gasteiger partial charge in [0.2, 0.25) is 0 Å². The second-order valence-corrected chi connectivity index (χ2v) is 9.47. The minimum absolute atomic E-state index is 0.851. The summed E-state index contributed by atoms with van der Waals surface area (Å²) in [6.45, 7) is 5.02. The van der Waals surface area contributed by atoms with Crippen LogP contribution in [0.3, 0.4) is 0 Å². The number of hydrogen-bond donors (Lipinski definition) is 0. The Morgan fingerprint density at radius 1 is 1.11 bits per heavy atom. The van der Waals surface area contributed by atoms with Crippen LogP contribution in [0.4, 0.5) is 0 Å².